The Morgan fingerprint density at radius 3 is 2.50 bits per heavy atom. The third-order valence-corrected chi connectivity index (χ3v) is 3.46. The number of benzene rings is 1. The van der Waals surface area contributed by atoms with Crippen LogP contribution in [0.3, 0.4) is 0 Å². The van der Waals surface area contributed by atoms with Gasteiger partial charge in [-0.3, -0.25) is 4.90 Å². The molecule has 1 N–H and O–H groups in total. The molecular weight excluding hydrogens is 283 g/mol. The minimum atomic E-state index is -0.535. The maximum Gasteiger partial charge on any atom is 0.407 e. The maximum absolute atomic E-state index is 13.7. The molecule has 0 aliphatic carbocycles. The predicted octanol–water partition coefficient (Wildman–Crippen LogP) is 3.45. The third kappa shape index (κ3) is 5.64. The van der Waals surface area contributed by atoms with E-state index in [-0.39, 0.29) is 12.4 Å². The Morgan fingerprint density at radius 2 is 1.86 bits per heavy atom. The molecule has 1 heterocycles. The van der Waals surface area contributed by atoms with Gasteiger partial charge in [0, 0.05) is 13.1 Å². The number of carbonyl (C=O) groups excluding carboxylic acids is 1. The van der Waals surface area contributed by atoms with Gasteiger partial charge in [-0.25, -0.2) is 9.18 Å². The van der Waals surface area contributed by atoms with Crippen LogP contribution in [-0.4, -0.2) is 29.7 Å². The number of hydrogen-bond donors (Lipinski definition) is 1. The highest BCUT2D eigenvalue weighted by Gasteiger charge is 2.16. The zero-order valence-electron chi connectivity index (χ0n) is 13.6. The zero-order valence-corrected chi connectivity index (χ0v) is 13.6. The quantitative estimate of drug-likeness (QED) is 0.926. The fourth-order valence-corrected chi connectivity index (χ4v) is 2.60. The van der Waals surface area contributed by atoms with Crippen LogP contribution in [0.1, 0.15) is 44.7 Å². The van der Waals surface area contributed by atoms with Gasteiger partial charge < -0.3 is 10.1 Å². The van der Waals surface area contributed by atoms with Crippen LogP contribution in [0.2, 0.25) is 0 Å². The Morgan fingerprint density at radius 1 is 1.23 bits per heavy atom. The molecule has 0 saturated carbocycles. The van der Waals surface area contributed by atoms with Crippen LogP contribution in [-0.2, 0) is 17.8 Å². The van der Waals surface area contributed by atoms with Crippen molar-refractivity contribution in [2.45, 2.75) is 52.3 Å². The number of carbonyl (C=O) groups is 1. The van der Waals surface area contributed by atoms with Crippen LogP contribution in [0, 0.1) is 5.82 Å². The standard InChI is InChI=1S/C17H25FN2O2/c1-17(2,3)22-16(21)19-11-13-8-14(10-15(18)9-13)12-20-6-4-5-7-20/h8-10H,4-7,11-12H2,1-3H3,(H,19,21). The highest BCUT2D eigenvalue weighted by molar-refractivity contribution is 5.67. The second kappa shape index (κ2) is 7.09. The van der Waals surface area contributed by atoms with E-state index < -0.39 is 11.7 Å². The van der Waals surface area contributed by atoms with Crippen molar-refractivity contribution in [3.05, 3.63) is 35.1 Å². The van der Waals surface area contributed by atoms with Gasteiger partial charge in [0.25, 0.3) is 0 Å². The number of halogens is 1. The minimum absolute atomic E-state index is 0.264. The average Bonchev–Trinajstić information content (AvgIpc) is 2.86. The lowest BCUT2D eigenvalue weighted by molar-refractivity contribution is 0.0523. The van der Waals surface area contributed by atoms with Crippen LogP contribution in [0.4, 0.5) is 9.18 Å². The number of rotatable bonds is 4. The number of ether oxygens (including phenoxy) is 1. The average molecular weight is 308 g/mol. The molecule has 1 saturated heterocycles. The summed E-state index contributed by atoms with van der Waals surface area (Å²) in [5.41, 5.74) is 1.16. The van der Waals surface area contributed by atoms with Crippen LogP contribution >= 0.6 is 0 Å². The Balaban J connectivity index is 1.93. The molecule has 0 unspecified atom stereocenters. The van der Waals surface area contributed by atoms with Crippen molar-refractivity contribution in [3.8, 4) is 0 Å². The summed E-state index contributed by atoms with van der Waals surface area (Å²) >= 11 is 0. The first-order chi connectivity index (χ1) is 10.3. The molecular formula is C17H25FN2O2. The highest BCUT2D eigenvalue weighted by atomic mass is 19.1. The van der Waals surface area contributed by atoms with Crippen molar-refractivity contribution >= 4 is 6.09 Å². The number of nitrogens with zero attached hydrogens (tertiary/aromatic N) is 1. The van der Waals surface area contributed by atoms with E-state index >= 15 is 0 Å². The van der Waals surface area contributed by atoms with Crippen LogP contribution < -0.4 is 5.32 Å². The van der Waals surface area contributed by atoms with Gasteiger partial charge in [0.2, 0.25) is 0 Å². The summed E-state index contributed by atoms with van der Waals surface area (Å²) in [5, 5.41) is 2.66. The van der Waals surface area contributed by atoms with Gasteiger partial charge in [-0.15, -0.1) is 0 Å². The van der Waals surface area contributed by atoms with E-state index in [4.69, 9.17) is 4.74 Å². The second-order valence-corrected chi connectivity index (χ2v) is 6.81. The normalized spacial score (nSPS) is 15.8. The lowest BCUT2D eigenvalue weighted by Crippen LogP contribution is -2.32. The van der Waals surface area contributed by atoms with E-state index in [1.807, 2.05) is 26.8 Å². The fraction of sp³-hybridized carbons (Fsp3) is 0.588. The summed E-state index contributed by atoms with van der Waals surface area (Å²) in [6, 6.07) is 4.96. The summed E-state index contributed by atoms with van der Waals surface area (Å²) in [6.07, 6.45) is 1.93. The van der Waals surface area contributed by atoms with Gasteiger partial charge in [-0.1, -0.05) is 6.07 Å². The molecule has 22 heavy (non-hydrogen) atoms. The van der Waals surface area contributed by atoms with Gasteiger partial charge >= 0.3 is 6.09 Å². The number of amides is 1. The number of alkyl carbamates (subject to hydrolysis) is 1. The van der Waals surface area contributed by atoms with Gasteiger partial charge in [-0.2, -0.15) is 0 Å². The van der Waals surface area contributed by atoms with E-state index in [0.29, 0.717) is 0 Å². The van der Waals surface area contributed by atoms with Crippen molar-refractivity contribution in [3.63, 3.8) is 0 Å². The maximum atomic E-state index is 13.7. The summed E-state index contributed by atoms with van der Waals surface area (Å²) < 4.78 is 18.9. The Bertz CT molecular complexity index is 520. The molecule has 2 rings (SSSR count). The molecule has 5 heteroatoms. The molecule has 0 bridgehead atoms. The predicted molar refractivity (Wildman–Crippen MR) is 84.0 cm³/mol. The molecule has 0 spiro atoms. The molecule has 4 nitrogen and oxygen atoms in total. The third-order valence-electron chi connectivity index (χ3n) is 3.46. The van der Waals surface area contributed by atoms with Crippen molar-refractivity contribution < 1.29 is 13.9 Å². The van der Waals surface area contributed by atoms with Crippen LogP contribution in [0.15, 0.2) is 18.2 Å². The lowest BCUT2D eigenvalue weighted by Gasteiger charge is -2.20. The van der Waals surface area contributed by atoms with E-state index in [2.05, 4.69) is 10.2 Å². The smallest absolute Gasteiger partial charge is 0.407 e. The van der Waals surface area contributed by atoms with Crippen molar-refractivity contribution in [2.24, 2.45) is 0 Å². The molecule has 1 amide bonds. The molecule has 0 atom stereocenters. The van der Waals surface area contributed by atoms with Gasteiger partial charge in [-0.05, 0) is 70.0 Å². The van der Waals surface area contributed by atoms with Crippen LogP contribution in [0.5, 0.6) is 0 Å². The lowest BCUT2D eigenvalue weighted by atomic mass is 10.1. The van der Waals surface area contributed by atoms with Gasteiger partial charge in [0.1, 0.15) is 11.4 Å². The number of hydrogen-bond acceptors (Lipinski definition) is 3. The molecule has 1 aliphatic rings. The van der Waals surface area contributed by atoms with Crippen molar-refractivity contribution in [2.75, 3.05) is 13.1 Å². The van der Waals surface area contributed by atoms with E-state index in [1.54, 1.807) is 6.07 Å². The van der Waals surface area contributed by atoms with E-state index in [9.17, 15) is 9.18 Å². The van der Waals surface area contributed by atoms with Gasteiger partial charge in [0.05, 0.1) is 0 Å². The monoisotopic (exact) mass is 308 g/mol. The molecule has 0 radical (unpaired) electrons. The highest BCUT2D eigenvalue weighted by Crippen LogP contribution is 2.16. The molecule has 1 aliphatic heterocycles. The Labute approximate surface area is 131 Å². The minimum Gasteiger partial charge on any atom is -0.444 e. The number of nitrogens with one attached hydrogen (secondary N) is 1. The summed E-state index contributed by atoms with van der Waals surface area (Å²) in [6.45, 7) is 8.59. The zero-order chi connectivity index (χ0) is 16.2. The number of likely N-dealkylation sites (tertiary alicyclic amines) is 1. The Kier molecular flexibility index (Phi) is 5.40. The largest absolute Gasteiger partial charge is 0.444 e. The topological polar surface area (TPSA) is 41.6 Å². The summed E-state index contributed by atoms with van der Waals surface area (Å²) in [7, 11) is 0. The SMILES string of the molecule is CC(C)(C)OC(=O)NCc1cc(F)cc(CN2CCCC2)c1. The van der Waals surface area contributed by atoms with Crippen molar-refractivity contribution in [1.29, 1.82) is 0 Å². The van der Waals surface area contributed by atoms with E-state index in [0.717, 1.165) is 30.8 Å². The van der Waals surface area contributed by atoms with Crippen molar-refractivity contribution in [1.82, 2.24) is 10.2 Å². The molecule has 1 aromatic carbocycles. The summed E-state index contributed by atoms with van der Waals surface area (Å²) in [4.78, 5) is 14.0. The summed E-state index contributed by atoms with van der Waals surface area (Å²) in [5.74, 6) is -0.266. The van der Waals surface area contributed by atoms with E-state index in [1.165, 1.54) is 18.9 Å². The molecule has 1 fully saturated rings. The second-order valence-electron chi connectivity index (χ2n) is 6.81. The first-order valence-corrected chi connectivity index (χ1v) is 7.79. The van der Waals surface area contributed by atoms with Crippen LogP contribution in [0.25, 0.3) is 0 Å². The first-order valence-electron chi connectivity index (χ1n) is 7.79. The first kappa shape index (κ1) is 16.7. The molecule has 0 aromatic heterocycles. The van der Waals surface area contributed by atoms with Gasteiger partial charge in [0.15, 0.2) is 0 Å². The molecule has 1 aromatic rings. The Hall–Kier alpha value is -1.62. The molecule has 122 valence electrons. The fourth-order valence-electron chi connectivity index (χ4n) is 2.60.